The van der Waals surface area contributed by atoms with Gasteiger partial charge in [0.25, 0.3) is 0 Å². The highest BCUT2D eigenvalue weighted by Gasteiger charge is 1.82. The molecule has 0 aliphatic carbocycles. The van der Waals surface area contributed by atoms with Crippen LogP contribution < -0.4 is 0 Å². The number of hydrogen-bond donors (Lipinski definition) is 0. The van der Waals surface area contributed by atoms with Crippen LogP contribution >= 0.6 is 0 Å². The fourth-order valence-electron chi connectivity index (χ4n) is 0.413. The van der Waals surface area contributed by atoms with Gasteiger partial charge < -0.3 is 9.53 Å². The summed E-state index contributed by atoms with van der Waals surface area (Å²) in [4.78, 5) is 9.71. The van der Waals surface area contributed by atoms with E-state index in [1.54, 1.807) is 0 Å². The standard InChI is InChI=1S/C6H12O2.Mg.2H/c1-2-8-6-4-3-5-7;;;/h5H,2-4,6H2,1H3;;;. The van der Waals surface area contributed by atoms with Crippen molar-refractivity contribution in [3.05, 3.63) is 0 Å². The van der Waals surface area contributed by atoms with Crippen molar-refractivity contribution in [2.75, 3.05) is 13.2 Å². The third-order valence-electron chi connectivity index (χ3n) is 0.815. The minimum Gasteiger partial charge on any atom is -0.382 e. The Labute approximate surface area is 72.1 Å². The summed E-state index contributed by atoms with van der Waals surface area (Å²) in [5.74, 6) is 0. The summed E-state index contributed by atoms with van der Waals surface area (Å²) in [6.07, 6.45) is 2.40. The van der Waals surface area contributed by atoms with Crippen LogP contribution in [-0.2, 0) is 9.53 Å². The molecule has 0 aliphatic rings. The molecule has 0 atom stereocenters. The third kappa shape index (κ3) is 11.8. The van der Waals surface area contributed by atoms with E-state index >= 15 is 0 Å². The molecule has 0 N–H and O–H groups in total. The van der Waals surface area contributed by atoms with Crippen LogP contribution in [0.1, 0.15) is 19.8 Å². The van der Waals surface area contributed by atoms with Crippen molar-refractivity contribution in [3.63, 3.8) is 0 Å². The molecule has 52 valence electrons. The molecule has 0 saturated heterocycles. The third-order valence-corrected chi connectivity index (χ3v) is 0.815. The summed E-state index contributed by atoms with van der Waals surface area (Å²) >= 11 is 0. The summed E-state index contributed by atoms with van der Waals surface area (Å²) < 4.78 is 4.98. The predicted octanol–water partition coefficient (Wildman–Crippen LogP) is 0.0858. The van der Waals surface area contributed by atoms with Crippen molar-refractivity contribution in [1.29, 1.82) is 0 Å². The highest BCUT2D eigenvalue weighted by atomic mass is 24.3. The number of carbonyl (C=O) groups excluding carboxylic acids is 1. The first-order valence-electron chi connectivity index (χ1n) is 2.93. The van der Waals surface area contributed by atoms with Gasteiger partial charge in [-0.25, -0.2) is 0 Å². The first-order valence-corrected chi connectivity index (χ1v) is 2.93. The molecule has 0 aromatic rings. The lowest BCUT2D eigenvalue weighted by Crippen LogP contribution is -1.92. The SMILES string of the molecule is CCOCCCC=O.[MgH2]. The predicted molar refractivity (Wildman–Crippen MR) is 40.3 cm³/mol. The highest BCUT2D eigenvalue weighted by Crippen LogP contribution is 1.84. The van der Waals surface area contributed by atoms with Crippen LogP contribution in [0.15, 0.2) is 0 Å². The van der Waals surface area contributed by atoms with Gasteiger partial charge in [0.15, 0.2) is 0 Å². The number of unbranched alkanes of at least 4 members (excludes halogenated alkanes) is 1. The molecule has 0 aromatic carbocycles. The average molecular weight is 142 g/mol. The number of hydrogen-bond acceptors (Lipinski definition) is 2. The number of rotatable bonds is 5. The van der Waals surface area contributed by atoms with E-state index in [9.17, 15) is 4.79 Å². The van der Waals surface area contributed by atoms with Crippen LogP contribution in [0, 0.1) is 0 Å². The van der Waals surface area contributed by atoms with Gasteiger partial charge >= 0.3 is 23.1 Å². The maximum Gasteiger partial charge on any atom is 0.316 e. The number of carbonyl (C=O) groups is 1. The van der Waals surface area contributed by atoms with Crippen molar-refractivity contribution >= 4 is 29.3 Å². The summed E-state index contributed by atoms with van der Waals surface area (Å²) in [6, 6.07) is 0. The molecule has 0 radical (unpaired) electrons. The minimum atomic E-state index is 0. The Hall–Kier alpha value is 0.396. The monoisotopic (exact) mass is 142 g/mol. The molecule has 2 nitrogen and oxygen atoms in total. The molecular weight excluding hydrogens is 128 g/mol. The van der Waals surface area contributed by atoms with E-state index < -0.39 is 0 Å². The molecule has 0 fully saturated rings. The molecule has 0 bridgehead atoms. The Bertz CT molecular complexity index is 57.0. The molecule has 0 aliphatic heterocycles. The van der Waals surface area contributed by atoms with Gasteiger partial charge in [-0.1, -0.05) is 0 Å². The second kappa shape index (κ2) is 11.2. The Balaban J connectivity index is 0. The van der Waals surface area contributed by atoms with Crippen LogP contribution in [0.25, 0.3) is 0 Å². The van der Waals surface area contributed by atoms with Crippen molar-refractivity contribution in [2.45, 2.75) is 19.8 Å². The van der Waals surface area contributed by atoms with E-state index in [2.05, 4.69) is 0 Å². The Morgan fingerprint density at radius 1 is 1.56 bits per heavy atom. The fraction of sp³-hybridized carbons (Fsp3) is 0.833. The van der Waals surface area contributed by atoms with Crippen LogP contribution in [0.4, 0.5) is 0 Å². The molecule has 0 spiro atoms. The van der Waals surface area contributed by atoms with Gasteiger partial charge in [0, 0.05) is 19.6 Å². The van der Waals surface area contributed by atoms with Crippen LogP contribution in [-0.4, -0.2) is 42.6 Å². The largest absolute Gasteiger partial charge is 0.382 e. The lowest BCUT2D eigenvalue weighted by atomic mass is 10.3. The normalized spacial score (nSPS) is 8.11. The summed E-state index contributed by atoms with van der Waals surface area (Å²) in [6.45, 7) is 3.41. The second-order valence-electron chi connectivity index (χ2n) is 1.51. The molecule has 3 heteroatoms. The van der Waals surface area contributed by atoms with Gasteiger partial charge in [-0.3, -0.25) is 0 Å². The van der Waals surface area contributed by atoms with Gasteiger partial charge in [-0.15, -0.1) is 0 Å². The van der Waals surface area contributed by atoms with Crippen molar-refractivity contribution in [1.82, 2.24) is 0 Å². The van der Waals surface area contributed by atoms with E-state index in [1.165, 1.54) is 0 Å². The Kier molecular flexibility index (Phi) is 15.1. The number of aldehydes is 1. The van der Waals surface area contributed by atoms with E-state index in [0.29, 0.717) is 6.42 Å². The molecule has 0 heterocycles. The van der Waals surface area contributed by atoms with E-state index in [1.807, 2.05) is 6.92 Å². The van der Waals surface area contributed by atoms with Gasteiger partial charge in [-0.2, -0.15) is 0 Å². The van der Waals surface area contributed by atoms with Crippen LogP contribution in [0.5, 0.6) is 0 Å². The van der Waals surface area contributed by atoms with Crippen molar-refractivity contribution < 1.29 is 9.53 Å². The molecule has 0 rings (SSSR count). The first kappa shape index (κ1) is 12.1. The first-order chi connectivity index (χ1) is 3.91. The van der Waals surface area contributed by atoms with Crippen molar-refractivity contribution in [2.24, 2.45) is 0 Å². The molecule has 0 amide bonds. The smallest absolute Gasteiger partial charge is 0.316 e. The van der Waals surface area contributed by atoms with Crippen molar-refractivity contribution in [3.8, 4) is 0 Å². The maximum absolute atomic E-state index is 9.71. The van der Waals surface area contributed by atoms with Gasteiger partial charge in [0.2, 0.25) is 0 Å². The quantitative estimate of drug-likeness (QED) is 0.309. The zero-order valence-electron chi connectivity index (χ0n) is 5.22. The highest BCUT2D eigenvalue weighted by molar-refractivity contribution is 5.75. The van der Waals surface area contributed by atoms with Crippen LogP contribution in [0.3, 0.4) is 0 Å². The molecule has 0 aromatic heterocycles. The van der Waals surface area contributed by atoms with Gasteiger partial charge in [0.1, 0.15) is 6.29 Å². The molecule has 0 unspecified atom stereocenters. The summed E-state index contributed by atoms with van der Waals surface area (Å²) in [5.41, 5.74) is 0. The zero-order chi connectivity index (χ0) is 6.24. The number of ether oxygens (including phenoxy) is 1. The van der Waals surface area contributed by atoms with Gasteiger partial charge in [0.05, 0.1) is 0 Å². The maximum atomic E-state index is 9.71. The zero-order valence-corrected chi connectivity index (χ0v) is 5.22. The molecular formula is C6H14MgO2. The van der Waals surface area contributed by atoms with E-state index in [-0.39, 0.29) is 23.1 Å². The van der Waals surface area contributed by atoms with Gasteiger partial charge in [-0.05, 0) is 13.3 Å². The second-order valence-corrected chi connectivity index (χ2v) is 1.51. The molecule has 0 saturated carbocycles. The topological polar surface area (TPSA) is 26.3 Å². The van der Waals surface area contributed by atoms with E-state index in [4.69, 9.17) is 4.74 Å². The minimum absolute atomic E-state index is 0. The van der Waals surface area contributed by atoms with E-state index in [0.717, 1.165) is 25.9 Å². The summed E-state index contributed by atoms with van der Waals surface area (Å²) in [5, 5.41) is 0. The summed E-state index contributed by atoms with van der Waals surface area (Å²) in [7, 11) is 0. The van der Waals surface area contributed by atoms with Crippen LogP contribution in [0.2, 0.25) is 0 Å². The Morgan fingerprint density at radius 2 is 2.22 bits per heavy atom. The fourth-order valence-corrected chi connectivity index (χ4v) is 0.413. The lowest BCUT2D eigenvalue weighted by molar-refractivity contribution is -0.108. The lowest BCUT2D eigenvalue weighted by Gasteiger charge is -1.94. The average Bonchev–Trinajstić information content (AvgIpc) is 1.81. The Morgan fingerprint density at radius 3 is 2.67 bits per heavy atom. The molecule has 9 heavy (non-hydrogen) atoms.